The molecule has 0 saturated heterocycles. The van der Waals surface area contributed by atoms with Crippen molar-refractivity contribution in [3.8, 4) is 0 Å². The Labute approximate surface area is 113 Å². The van der Waals surface area contributed by atoms with Crippen LogP contribution in [0.4, 0.5) is 0 Å². The van der Waals surface area contributed by atoms with Crippen LogP contribution in [-0.4, -0.2) is 47.3 Å². The molecule has 1 aromatic heterocycles. The average Bonchev–Trinajstić information content (AvgIpc) is 2.51. The van der Waals surface area contributed by atoms with E-state index in [4.69, 9.17) is 16.3 Å². The number of aromatic nitrogens is 2. The molecule has 0 aliphatic rings. The van der Waals surface area contributed by atoms with Crippen LogP contribution < -0.4 is 5.32 Å². The van der Waals surface area contributed by atoms with E-state index in [1.54, 1.807) is 18.7 Å². The Hall–Kier alpha value is -0.620. The monoisotopic (exact) mass is 275 g/mol. The molecule has 0 spiro atoms. The smallest absolute Gasteiger partial charge is 0.0848 e. The molecule has 1 unspecified atom stereocenters. The Morgan fingerprint density at radius 3 is 2.72 bits per heavy atom. The second kappa shape index (κ2) is 6.52. The number of aryl methyl sites for hydroxylation is 2. The van der Waals surface area contributed by atoms with Gasteiger partial charge in [0.2, 0.25) is 0 Å². The molecular weight excluding hydrogens is 254 g/mol. The highest BCUT2D eigenvalue weighted by molar-refractivity contribution is 6.31. The van der Waals surface area contributed by atoms with Crippen LogP contribution in [0.15, 0.2) is 0 Å². The van der Waals surface area contributed by atoms with E-state index in [1.165, 1.54) is 0 Å². The van der Waals surface area contributed by atoms with Crippen LogP contribution in [0.25, 0.3) is 0 Å². The number of rotatable bonds is 7. The van der Waals surface area contributed by atoms with Gasteiger partial charge in [0.25, 0.3) is 0 Å². The van der Waals surface area contributed by atoms with Gasteiger partial charge in [-0.2, -0.15) is 5.10 Å². The zero-order chi connectivity index (χ0) is 13.8. The molecule has 104 valence electrons. The number of halogens is 1. The van der Waals surface area contributed by atoms with Crippen molar-refractivity contribution in [3.05, 3.63) is 16.4 Å². The highest BCUT2D eigenvalue weighted by Crippen LogP contribution is 2.23. The van der Waals surface area contributed by atoms with Crippen molar-refractivity contribution >= 4 is 11.6 Å². The van der Waals surface area contributed by atoms with Crippen LogP contribution >= 0.6 is 11.6 Å². The van der Waals surface area contributed by atoms with Gasteiger partial charge in [0.15, 0.2) is 0 Å². The van der Waals surface area contributed by atoms with Crippen LogP contribution in [0.2, 0.25) is 5.02 Å². The summed E-state index contributed by atoms with van der Waals surface area (Å²) in [5.41, 5.74) is 0.780. The topological polar surface area (TPSA) is 59.3 Å². The quantitative estimate of drug-likeness (QED) is 0.727. The first-order valence-corrected chi connectivity index (χ1v) is 6.35. The summed E-state index contributed by atoms with van der Waals surface area (Å²) in [6, 6.07) is 0. The zero-order valence-corrected chi connectivity index (χ0v) is 12.2. The molecule has 18 heavy (non-hydrogen) atoms. The fourth-order valence-corrected chi connectivity index (χ4v) is 2.05. The second-order valence-electron chi connectivity index (χ2n) is 4.81. The van der Waals surface area contributed by atoms with Crippen LogP contribution in [0.3, 0.4) is 0 Å². The molecule has 1 heterocycles. The Bertz CT molecular complexity index is 391. The van der Waals surface area contributed by atoms with Crippen molar-refractivity contribution < 1.29 is 9.84 Å². The number of aliphatic hydroxyl groups is 1. The van der Waals surface area contributed by atoms with Crippen molar-refractivity contribution in [3.63, 3.8) is 0 Å². The molecule has 5 nitrogen and oxygen atoms in total. The van der Waals surface area contributed by atoms with E-state index in [1.807, 2.05) is 14.0 Å². The van der Waals surface area contributed by atoms with Gasteiger partial charge in [0.05, 0.1) is 28.6 Å². The summed E-state index contributed by atoms with van der Waals surface area (Å²) in [6.07, 6.45) is 0.461. The molecule has 0 aromatic carbocycles. The van der Waals surface area contributed by atoms with Crippen LogP contribution in [0, 0.1) is 6.92 Å². The maximum atomic E-state index is 10.3. The lowest BCUT2D eigenvalue weighted by atomic mass is 10.00. The summed E-state index contributed by atoms with van der Waals surface area (Å²) in [4.78, 5) is 0. The molecule has 0 amide bonds. The van der Waals surface area contributed by atoms with Crippen LogP contribution in [-0.2, 0) is 18.2 Å². The van der Waals surface area contributed by atoms with E-state index in [0.29, 0.717) is 31.1 Å². The summed E-state index contributed by atoms with van der Waals surface area (Å²) in [6.45, 7) is 5.46. The van der Waals surface area contributed by atoms with Crippen molar-refractivity contribution in [1.29, 1.82) is 0 Å². The maximum absolute atomic E-state index is 10.3. The fourth-order valence-electron chi connectivity index (χ4n) is 1.83. The Morgan fingerprint density at radius 1 is 1.56 bits per heavy atom. The van der Waals surface area contributed by atoms with Gasteiger partial charge in [0.1, 0.15) is 0 Å². The van der Waals surface area contributed by atoms with Gasteiger partial charge in [-0.25, -0.2) is 0 Å². The average molecular weight is 276 g/mol. The second-order valence-corrected chi connectivity index (χ2v) is 5.19. The molecule has 0 radical (unpaired) electrons. The molecule has 0 saturated carbocycles. The zero-order valence-electron chi connectivity index (χ0n) is 11.5. The van der Waals surface area contributed by atoms with Gasteiger partial charge in [0, 0.05) is 33.7 Å². The van der Waals surface area contributed by atoms with Crippen molar-refractivity contribution in [2.75, 3.05) is 26.8 Å². The van der Waals surface area contributed by atoms with Gasteiger partial charge in [-0.05, 0) is 13.8 Å². The largest absolute Gasteiger partial charge is 0.388 e. The predicted octanol–water partition coefficient (Wildman–Crippen LogP) is 0.911. The van der Waals surface area contributed by atoms with E-state index in [-0.39, 0.29) is 0 Å². The standard InChI is InChI=1S/C12H22ClN3O2/c1-9-11(13)10(16(3)15-9)7-12(2,17)8-14-5-6-18-4/h14,17H,5-8H2,1-4H3. The number of nitrogens with zero attached hydrogens (tertiary/aromatic N) is 2. The summed E-state index contributed by atoms with van der Waals surface area (Å²) >= 11 is 6.17. The van der Waals surface area contributed by atoms with E-state index in [2.05, 4.69) is 10.4 Å². The number of ether oxygens (including phenoxy) is 1. The Morgan fingerprint density at radius 2 is 2.22 bits per heavy atom. The molecule has 1 atom stereocenters. The van der Waals surface area contributed by atoms with E-state index in [9.17, 15) is 5.11 Å². The molecule has 0 aliphatic heterocycles. The summed E-state index contributed by atoms with van der Waals surface area (Å²) in [7, 11) is 3.49. The predicted molar refractivity (Wildman–Crippen MR) is 72.0 cm³/mol. The molecule has 0 aliphatic carbocycles. The highest BCUT2D eigenvalue weighted by atomic mass is 35.5. The van der Waals surface area contributed by atoms with Crippen molar-refractivity contribution in [1.82, 2.24) is 15.1 Å². The lowest BCUT2D eigenvalue weighted by Gasteiger charge is -2.24. The van der Waals surface area contributed by atoms with Crippen molar-refractivity contribution in [2.24, 2.45) is 7.05 Å². The van der Waals surface area contributed by atoms with Gasteiger partial charge in [-0.1, -0.05) is 11.6 Å². The minimum absolute atomic E-state index is 0.461. The van der Waals surface area contributed by atoms with Crippen LogP contribution in [0.5, 0.6) is 0 Å². The van der Waals surface area contributed by atoms with E-state index >= 15 is 0 Å². The molecule has 1 aromatic rings. The molecule has 2 N–H and O–H groups in total. The molecule has 1 rings (SSSR count). The number of hydrogen-bond acceptors (Lipinski definition) is 4. The molecule has 0 bridgehead atoms. The normalized spacial score (nSPS) is 14.8. The van der Waals surface area contributed by atoms with Crippen molar-refractivity contribution in [2.45, 2.75) is 25.9 Å². The van der Waals surface area contributed by atoms with Gasteiger partial charge in [-0.15, -0.1) is 0 Å². The first-order valence-electron chi connectivity index (χ1n) is 5.97. The minimum Gasteiger partial charge on any atom is -0.388 e. The van der Waals surface area contributed by atoms with Gasteiger partial charge < -0.3 is 15.2 Å². The third-order valence-electron chi connectivity index (χ3n) is 2.80. The lowest BCUT2D eigenvalue weighted by Crippen LogP contribution is -2.41. The van der Waals surface area contributed by atoms with Gasteiger partial charge in [-0.3, -0.25) is 4.68 Å². The SMILES string of the molecule is COCCNCC(C)(O)Cc1c(Cl)c(C)nn1C. The number of methoxy groups -OCH3 is 1. The first-order chi connectivity index (χ1) is 8.37. The fraction of sp³-hybridized carbons (Fsp3) is 0.750. The summed E-state index contributed by atoms with van der Waals surface area (Å²) in [5.74, 6) is 0. The van der Waals surface area contributed by atoms with Crippen LogP contribution in [0.1, 0.15) is 18.3 Å². The maximum Gasteiger partial charge on any atom is 0.0848 e. The Kier molecular flexibility index (Phi) is 5.59. The third-order valence-corrected chi connectivity index (χ3v) is 3.29. The number of nitrogens with one attached hydrogen (secondary N) is 1. The molecular formula is C12H22ClN3O2. The molecule has 6 heteroatoms. The Balaban J connectivity index is 2.58. The summed E-state index contributed by atoms with van der Waals surface area (Å²) < 4.78 is 6.66. The third kappa shape index (κ3) is 4.24. The summed E-state index contributed by atoms with van der Waals surface area (Å²) in [5, 5.41) is 18.3. The van der Waals surface area contributed by atoms with Gasteiger partial charge >= 0.3 is 0 Å². The van der Waals surface area contributed by atoms with E-state index < -0.39 is 5.60 Å². The highest BCUT2D eigenvalue weighted by Gasteiger charge is 2.24. The lowest BCUT2D eigenvalue weighted by molar-refractivity contribution is 0.0563. The number of hydrogen-bond donors (Lipinski definition) is 2. The minimum atomic E-state index is -0.863. The first kappa shape index (κ1) is 15.4. The van der Waals surface area contributed by atoms with E-state index in [0.717, 1.165) is 11.4 Å². The molecule has 0 fully saturated rings.